The highest BCUT2D eigenvalue weighted by atomic mass is 16.5. The summed E-state index contributed by atoms with van der Waals surface area (Å²) in [5, 5.41) is 15.2. The van der Waals surface area contributed by atoms with Crippen LogP contribution >= 0.6 is 0 Å². The first-order chi connectivity index (χ1) is 11.1. The molecule has 23 heavy (non-hydrogen) atoms. The smallest absolute Gasteiger partial charge is 0.491 e. The molecule has 2 amide bonds. The van der Waals surface area contributed by atoms with Crippen LogP contribution in [0.1, 0.15) is 11.1 Å². The molecule has 7 heteroatoms. The van der Waals surface area contributed by atoms with Crippen molar-refractivity contribution >= 4 is 30.0 Å². The number of nitrogens with one attached hydrogen (secondary N) is 2. The molecule has 2 aromatic rings. The molecule has 1 aliphatic rings. The molecule has 1 aliphatic heterocycles. The predicted molar refractivity (Wildman–Crippen MR) is 89.2 cm³/mol. The number of urea groups is 1. The molecule has 3 rings (SSSR count). The van der Waals surface area contributed by atoms with E-state index in [1.807, 2.05) is 25.1 Å². The van der Waals surface area contributed by atoms with E-state index in [9.17, 15) is 9.82 Å². The molecule has 3 N–H and O–H groups in total. The monoisotopic (exact) mass is 312 g/mol. The van der Waals surface area contributed by atoms with Crippen LogP contribution in [0, 0.1) is 6.92 Å². The molecular formula is C16H17BN2O4. The number of amides is 2. The van der Waals surface area contributed by atoms with Gasteiger partial charge < -0.3 is 25.0 Å². The second-order valence-corrected chi connectivity index (χ2v) is 5.36. The minimum atomic E-state index is -0.938. The molecule has 0 spiro atoms. The SMILES string of the molecule is COc1ccc(C)cc1NC(=O)Nc1ccc2c(c1)B(O)OC2. The van der Waals surface area contributed by atoms with E-state index in [-0.39, 0.29) is 6.03 Å². The second-order valence-electron chi connectivity index (χ2n) is 5.36. The third kappa shape index (κ3) is 3.30. The number of hydrogen-bond donors (Lipinski definition) is 3. The molecule has 0 saturated heterocycles. The summed E-state index contributed by atoms with van der Waals surface area (Å²) in [5.74, 6) is 0.587. The Hall–Kier alpha value is -2.51. The molecule has 0 saturated carbocycles. The Labute approximate surface area is 134 Å². The fourth-order valence-electron chi connectivity index (χ4n) is 2.50. The maximum Gasteiger partial charge on any atom is 0.491 e. The van der Waals surface area contributed by atoms with Crippen molar-refractivity contribution in [1.82, 2.24) is 0 Å². The minimum absolute atomic E-state index is 0.378. The largest absolute Gasteiger partial charge is 0.495 e. The summed E-state index contributed by atoms with van der Waals surface area (Å²) in [6.45, 7) is 2.31. The summed E-state index contributed by atoms with van der Waals surface area (Å²) in [5.41, 5.74) is 3.78. The predicted octanol–water partition coefficient (Wildman–Crippen LogP) is 1.87. The molecule has 6 nitrogen and oxygen atoms in total. The van der Waals surface area contributed by atoms with Crippen LogP contribution < -0.4 is 20.8 Å². The molecule has 2 aromatic carbocycles. The highest BCUT2D eigenvalue weighted by molar-refractivity contribution is 6.61. The van der Waals surface area contributed by atoms with Gasteiger partial charge in [-0.3, -0.25) is 0 Å². The highest BCUT2D eigenvalue weighted by Crippen LogP contribution is 2.25. The number of fused-ring (bicyclic) bond motifs is 1. The van der Waals surface area contributed by atoms with E-state index in [0.29, 0.717) is 29.2 Å². The maximum atomic E-state index is 12.2. The zero-order valence-electron chi connectivity index (χ0n) is 12.9. The van der Waals surface area contributed by atoms with E-state index in [4.69, 9.17) is 9.39 Å². The molecular weight excluding hydrogens is 295 g/mol. The number of rotatable bonds is 3. The number of methoxy groups -OCH3 is 1. The van der Waals surface area contributed by atoms with Gasteiger partial charge in [-0.15, -0.1) is 0 Å². The Balaban J connectivity index is 1.73. The molecule has 0 radical (unpaired) electrons. The summed E-state index contributed by atoms with van der Waals surface area (Å²) in [6, 6.07) is 10.5. The van der Waals surface area contributed by atoms with Gasteiger partial charge in [0.2, 0.25) is 0 Å². The van der Waals surface area contributed by atoms with Crippen LogP contribution in [0.2, 0.25) is 0 Å². The van der Waals surface area contributed by atoms with Gasteiger partial charge in [0.1, 0.15) is 5.75 Å². The first-order valence-corrected chi connectivity index (χ1v) is 7.22. The Kier molecular flexibility index (Phi) is 4.23. The molecule has 0 fully saturated rings. The van der Waals surface area contributed by atoms with Gasteiger partial charge in [0.15, 0.2) is 0 Å². The lowest BCUT2D eigenvalue weighted by atomic mass is 9.79. The summed E-state index contributed by atoms with van der Waals surface area (Å²) in [6.07, 6.45) is 0. The number of benzene rings is 2. The standard InChI is InChI=1S/C16H17BN2O4/c1-10-3-6-15(22-2)14(7-10)19-16(20)18-12-5-4-11-9-23-17(21)13(11)8-12/h3-8,21H,9H2,1-2H3,(H2,18,19,20). The maximum absolute atomic E-state index is 12.2. The second kappa shape index (κ2) is 6.32. The van der Waals surface area contributed by atoms with Gasteiger partial charge >= 0.3 is 13.1 Å². The van der Waals surface area contributed by atoms with Crippen molar-refractivity contribution in [3.8, 4) is 5.75 Å². The van der Waals surface area contributed by atoms with Crippen molar-refractivity contribution in [2.24, 2.45) is 0 Å². The fraction of sp³-hybridized carbons (Fsp3) is 0.188. The van der Waals surface area contributed by atoms with Crippen LogP contribution in [0.3, 0.4) is 0 Å². The molecule has 0 atom stereocenters. The molecule has 0 aliphatic carbocycles. The van der Waals surface area contributed by atoms with Crippen LogP contribution in [0.25, 0.3) is 0 Å². The third-order valence-electron chi connectivity index (χ3n) is 3.67. The average Bonchev–Trinajstić information content (AvgIpc) is 2.88. The Morgan fingerprint density at radius 2 is 2.09 bits per heavy atom. The van der Waals surface area contributed by atoms with E-state index < -0.39 is 7.12 Å². The average molecular weight is 312 g/mol. The van der Waals surface area contributed by atoms with E-state index in [1.165, 1.54) is 0 Å². The fourth-order valence-corrected chi connectivity index (χ4v) is 2.50. The Morgan fingerprint density at radius 3 is 2.87 bits per heavy atom. The number of hydrogen-bond acceptors (Lipinski definition) is 4. The van der Waals surface area contributed by atoms with Gasteiger partial charge in [0.25, 0.3) is 0 Å². The minimum Gasteiger partial charge on any atom is -0.495 e. The lowest BCUT2D eigenvalue weighted by Gasteiger charge is -2.12. The van der Waals surface area contributed by atoms with Gasteiger partial charge in [0, 0.05) is 5.69 Å². The number of aryl methyl sites for hydroxylation is 1. The lowest BCUT2D eigenvalue weighted by Crippen LogP contribution is -2.29. The van der Waals surface area contributed by atoms with Gasteiger partial charge in [-0.1, -0.05) is 12.1 Å². The number of anilines is 2. The van der Waals surface area contributed by atoms with E-state index in [0.717, 1.165) is 11.1 Å². The van der Waals surface area contributed by atoms with Crippen LogP contribution in [0.15, 0.2) is 36.4 Å². The quantitative estimate of drug-likeness (QED) is 0.756. The topological polar surface area (TPSA) is 79.8 Å². The Bertz CT molecular complexity index is 751. The summed E-state index contributed by atoms with van der Waals surface area (Å²) in [7, 11) is 0.613. The van der Waals surface area contributed by atoms with Crippen molar-refractivity contribution in [2.45, 2.75) is 13.5 Å². The highest BCUT2D eigenvalue weighted by Gasteiger charge is 2.27. The zero-order valence-corrected chi connectivity index (χ0v) is 12.9. The normalized spacial score (nSPS) is 12.7. The molecule has 118 valence electrons. The van der Waals surface area contributed by atoms with Crippen LogP contribution in [-0.4, -0.2) is 25.3 Å². The van der Waals surface area contributed by atoms with Crippen molar-refractivity contribution in [1.29, 1.82) is 0 Å². The van der Waals surface area contributed by atoms with Crippen molar-refractivity contribution in [3.05, 3.63) is 47.5 Å². The van der Waals surface area contributed by atoms with Crippen molar-refractivity contribution in [2.75, 3.05) is 17.7 Å². The van der Waals surface area contributed by atoms with Gasteiger partial charge in [0.05, 0.1) is 19.4 Å². The van der Waals surface area contributed by atoms with Gasteiger partial charge in [-0.2, -0.15) is 0 Å². The van der Waals surface area contributed by atoms with Gasteiger partial charge in [-0.25, -0.2) is 4.79 Å². The molecule has 0 bridgehead atoms. The number of carbonyl (C=O) groups is 1. The summed E-state index contributed by atoms with van der Waals surface area (Å²) < 4.78 is 10.4. The van der Waals surface area contributed by atoms with Crippen LogP contribution in [0.4, 0.5) is 16.2 Å². The van der Waals surface area contributed by atoms with Crippen LogP contribution in [-0.2, 0) is 11.3 Å². The van der Waals surface area contributed by atoms with Crippen LogP contribution in [0.5, 0.6) is 5.75 Å². The van der Waals surface area contributed by atoms with Gasteiger partial charge in [-0.05, 0) is 47.8 Å². The van der Waals surface area contributed by atoms with Crippen molar-refractivity contribution in [3.63, 3.8) is 0 Å². The summed E-state index contributed by atoms with van der Waals surface area (Å²) >= 11 is 0. The van der Waals surface area contributed by atoms with E-state index in [1.54, 1.807) is 25.3 Å². The molecule has 1 heterocycles. The molecule has 0 unspecified atom stereocenters. The third-order valence-corrected chi connectivity index (χ3v) is 3.67. The first-order valence-electron chi connectivity index (χ1n) is 7.22. The zero-order chi connectivity index (χ0) is 16.4. The van der Waals surface area contributed by atoms with E-state index in [2.05, 4.69) is 10.6 Å². The Morgan fingerprint density at radius 1 is 1.26 bits per heavy atom. The number of ether oxygens (including phenoxy) is 1. The number of carbonyl (C=O) groups excluding carboxylic acids is 1. The molecule has 0 aromatic heterocycles. The van der Waals surface area contributed by atoms with Crippen molar-refractivity contribution < 1.29 is 19.2 Å². The lowest BCUT2D eigenvalue weighted by molar-refractivity contribution is 0.262. The van der Waals surface area contributed by atoms with E-state index >= 15 is 0 Å². The first kappa shape index (κ1) is 15.4. The summed E-state index contributed by atoms with van der Waals surface area (Å²) in [4.78, 5) is 12.2.